The van der Waals surface area contributed by atoms with Gasteiger partial charge in [-0.2, -0.15) is 0 Å². The standard InChI is InChI=1S/C29H30N2O6/c1-6-37-22-9-7-8-18(16-22)26-25(27(32)19-10-15-23(35-4)24(17-19)36-5)28(33)29(34)31(26)21-13-11-20(12-14-21)30(2)3/h7-17,26,32H,6H2,1-5H3/b27-25+. The minimum absolute atomic E-state index is 0.0254. The fourth-order valence-electron chi connectivity index (χ4n) is 4.41. The lowest BCUT2D eigenvalue weighted by atomic mass is 9.94. The third-order valence-electron chi connectivity index (χ3n) is 6.23. The molecule has 0 aliphatic carbocycles. The lowest BCUT2D eigenvalue weighted by Crippen LogP contribution is -2.29. The van der Waals surface area contributed by atoms with E-state index in [1.54, 1.807) is 48.5 Å². The summed E-state index contributed by atoms with van der Waals surface area (Å²) in [7, 11) is 6.83. The zero-order valence-corrected chi connectivity index (χ0v) is 21.5. The molecule has 0 bridgehead atoms. The maximum atomic E-state index is 13.4. The monoisotopic (exact) mass is 502 g/mol. The van der Waals surface area contributed by atoms with Crippen molar-refractivity contribution in [3.63, 3.8) is 0 Å². The molecule has 1 aliphatic rings. The van der Waals surface area contributed by atoms with E-state index >= 15 is 0 Å². The molecule has 1 fully saturated rings. The number of hydrogen-bond acceptors (Lipinski definition) is 7. The Kier molecular flexibility index (Phi) is 7.38. The first kappa shape index (κ1) is 25.6. The number of aliphatic hydroxyl groups is 1. The number of carbonyl (C=O) groups is 2. The molecule has 1 atom stereocenters. The van der Waals surface area contributed by atoms with E-state index in [0.29, 0.717) is 40.7 Å². The summed E-state index contributed by atoms with van der Waals surface area (Å²) in [6, 6.07) is 18.5. The van der Waals surface area contributed by atoms with Crippen molar-refractivity contribution in [2.45, 2.75) is 13.0 Å². The van der Waals surface area contributed by atoms with Crippen LogP contribution in [0.1, 0.15) is 24.1 Å². The molecule has 8 nitrogen and oxygen atoms in total. The number of Topliss-reactive ketones (excluding diaryl/α,β-unsaturated/α-hetero) is 1. The number of ether oxygens (including phenoxy) is 3. The molecule has 1 N–H and O–H groups in total. The van der Waals surface area contributed by atoms with Gasteiger partial charge in [-0.15, -0.1) is 0 Å². The molecule has 1 unspecified atom stereocenters. The fourth-order valence-corrected chi connectivity index (χ4v) is 4.41. The number of aliphatic hydroxyl groups excluding tert-OH is 1. The molecule has 1 heterocycles. The first-order valence-corrected chi connectivity index (χ1v) is 11.8. The number of anilines is 2. The number of hydrogen-bond donors (Lipinski definition) is 1. The molecule has 3 aromatic carbocycles. The number of amides is 1. The second-order valence-corrected chi connectivity index (χ2v) is 8.66. The Labute approximate surface area is 216 Å². The number of nitrogens with zero attached hydrogens (tertiary/aromatic N) is 2. The highest BCUT2D eigenvalue weighted by Crippen LogP contribution is 2.43. The first-order chi connectivity index (χ1) is 17.8. The summed E-state index contributed by atoms with van der Waals surface area (Å²) < 4.78 is 16.3. The van der Waals surface area contributed by atoms with Crippen LogP contribution in [0.2, 0.25) is 0 Å². The maximum Gasteiger partial charge on any atom is 0.300 e. The van der Waals surface area contributed by atoms with Crippen molar-refractivity contribution in [2.75, 3.05) is 44.7 Å². The van der Waals surface area contributed by atoms with Crippen molar-refractivity contribution < 1.29 is 28.9 Å². The van der Waals surface area contributed by atoms with E-state index in [0.717, 1.165) is 5.69 Å². The zero-order valence-electron chi connectivity index (χ0n) is 21.5. The molecule has 0 aromatic heterocycles. The van der Waals surface area contributed by atoms with Crippen LogP contribution in [0.25, 0.3) is 5.76 Å². The third kappa shape index (κ3) is 4.82. The van der Waals surface area contributed by atoms with Gasteiger partial charge in [-0.25, -0.2) is 0 Å². The van der Waals surface area contributed by atoms with Crippen molar-refractivity contribution in [2.24, 2.45) is 0 Å². The highest BCUT2D eigenvalue weighted by molar-refractivity contribution is 6.51. The molecular weight excluding hydrogens is 472 g/mol. The number of benzene rings is 3. The molecule has 1 aliphatic heterocycles. The smallest absolute Gasteiger partial charge is 0.300 e. The average Bonchev–Trinajstić information content (AvgIpc) is 3.18. The zero-order chi connectivity index (χ0) is 26.7. The molecule has 1 saturated heterocycles. The van der Waals surface area contributed by atoms with Crippen molar-refractivity contribution >= 4 is 28.8 Å². The Bertz CT molecular complexity index is 1350. The van der Waals surface area contributed by atoms with Gasteiger partial charge in [0, 0.05) is 31.0 Å². The van der Waals surface area contributed by atoms with Crippen LogP contribution < -0.4 is 24.0 Å². The van der Waals surface area contributed by atoms with E-state index in [9.17, 15) is 14.7 Å². The average molecular weight is 503 g/mol. The Morgan fingerprint density at radius 1 is 0.946 bits per heavy atom. The van der Waals surface area contributed by atoms with Gasteiger partial charge in [-0.05, 0) is 67.1 Å². The van der Waals surface area contributed by atoms with Crippen molar-refractivity contribution in [3.05, 3.63) is 83.4 Å². The van der Waals surface area contributed by atoms with Gasteiger partial charge in [0.1, 0.15) is 11.5 Å². The summed E-state index contributed by atoms with van der Waals surface area (Å²) in [4.78, 5) is 30.2. The van der Waals surface area contributed by atoms with Crippen molar-refractivity contribution in [3.8, 4) is 17.2 Å². The Morgan fingerprint density at radius 3 is 2.27 bits per heavy atom. The van der Waals surface area contributed by atoms with Gasteiger partial charge in [0.25, 0.3) is 11.7 Å². The summed E-state index contributed by atoms with van der Waals surface area (Å²) in [5.74, 6) is -0.364. The van der Waals surface area contributed by atoms with Gasteiger partial charge in [-0.1, -0.05) is 12.1 Å². The van der Waals surface area contributed by atoms with Crippen LogP contribution in [0.3, 0.4) is 0 Å². The van der Waals surface area contributed by atoms with Crippen LogP contribution in [-0.2, 0) is 9.59 Å². The molecule has 37 heavy (non-hydrogen) atoms. The van der Waals surface area contributed by atoms with Gasteiger partial charge in [0.2, 0.25) is 0 Å². The quantitative estimate of drug-likeness (QED) is 0.269. The molecule has 0 spiro atoms. The summed E-state index contributed by atoms with van der Waals surface area (Å²) in [5, 5.41) is 11.4. The predicted molar refractivity (Wildman–Crippen MR) is 143 cm³/mol. The Balaban J connectivity index is 1.92. The lowest BCUT2D eigenvalue weighted by molar-refractivity contribution is -0.132. The van der Waals surface area contributed by atoms with Gasteiger partial charge in [0.15, 0.2) is 11.5 Å². The van der Waals surface area contributed by atoms with E-state index in [2.05, 4.69) is 0 Å². The molecule has 192 valence electrons. The summed E-state index contributed by atoms with van der Waals surface area (Å²) in [6.45, 7) is 2.34. The molecule has 0 saturated carbocycles. The van der Waals surface area contributed by atoms with Gasteiger partial charge < -0.3 is 24.2 Å². The number of rotatable bonds is 8. The fraction of sp³-hybridized carbons (Fsp3) is 0.241. The second kappa shape index (κ2) is 10.7. The summed E-state index contributed by atoms with van der Waals surface area (Å²) in [5.41, 5.74) is 2.41. The van der Waals surface area contributed by atoms with Gasteiger partial charge >= 0.3 is 0 Å². The second-order valence-electron chi connectivity index (χ2n) is 8.66. The van der Waals surface area contributed by atoms with Crippen LogP contribution in [0.4, 0.5) is 11.4 Å². The maximum absolute atomic E-state index is 13.4. The predicted octanol–water partition coefficient (Wildman–Crippen LogP) is 4.79. The van der Waals surface area contributed by atoms with Crippen molar-refractivity contribution in [1.29, 1.82) is 0 Å². The molecule has 8 heteroatoms. The Hall–Kier alpha value is -4.46. The lowest BCUT2D eigenvalue weighted by Gasteiger charge is -2.26. The van der Waals surface area contributed by atoms with Gasteiger partial charge in [-0.3, -0.25) is 14.5 Å². The normalized spacial score (nSPS) is 16.6. The summed E-state index contributed by atoms with van der Waals surface area (Å²) >= 11 is 0. The highest BCUT2D eigenvalue weighted by Gasteiger charge is 2.47. The van der Waals surface area contributed by atoms with E-state index in [-0.39, 0.29) is 11.3 Å². The third-order valence-corrected chi connectivity index (χ3v) is 6.23. The minimum Gasteiger partial charge on any atom is -0.507 e. The molecule has 0 radical (unpaired) electrons. The largest absolute Gasteiger partial charge is 0.507 e. The number of methoxy groups -OCH3 is 2. The SMILES string of the molecule is CCOc1cccc(C2/C(=C(\O)c3ccc(OC)c(OC)c3)C(=O)C(=O)N2c2ccc(N(C)C)cc2)c1. The minimum atomic E-state index is -0.876. The van der Waals surface area contributed by atoms with E-state index < -0.39 is 17.7 Å². The molecule has 4 rings (SSSR count). The summed E-state index contributed by atoms with van der Waals surface area (Å²) in [6.07, 6.45) is 0. The van der Waals surface area contributed by atoms with Crippen molar-refractivity contribution in [1.82, 2.24) is 0 Å². The number of ketones is 1. The Morgan fingerprint density at radius 2 is 1.65 bits per heavy atom. The van der Waals surface area contributed by atoms with Crippen LogP contribution in [-0.4, -0.2) is 51.7 Å². The molecule has 3 aromatic rings. The molecule has 1 amide bonds. The van der Waals surface area contributed by atoms with E-state index in [4.69, 9.17) is 14.2 Å². The molecular formula is C29H30N2O6. The van der Waals surface area contributed by atoms with Crippen LogP contribution in [0.15, 0.2) is 72.3 Å². The van der Waals surface area contributed by atoms with Gasteiger partial charge in [0.05, 0.1) is 32.4 Å². The first-order valence-electron chi connectivity index (χ1n) is 11.8. The van der Waals surface area contributed by atoms with Crippen LogP contribution >= 0.6 is 0 Å². The number of carbonyl (C=O) groups excluding carboxylic acids is 2. The highest BCUT2D eigenvalue weighted by atomic mass is 16.5. The van der Waals surface area contributed by atoms with Crippen LogP contribution in [0.5, 0.6) is 17.2 Å². The van der Waals surface area contributed by atoms with E-state index in [1.807, 2.05) is 44.1 Å². The van der Waals surface area contributed by atoms with Crippen LogP contribution in [0, 0.1) is 0 Å². The topological polar surface area (TPSA) is 88.5 Å². The van der Waals surface area contributed by atoms with E-state index in [1.165, 1.54) is 19.1 Å².